The fourth-order valence-corrected chi connectivity index (χ4v) is 2.25. The molecule has 0 aliphatic rings. The predicted molar refractivity (Wildman–Crippen MR) is 87.8 cm³/mol. The number of hydrogen-bond donors (Lipinski definition) is 4. The van der Waals surface area contributed by atoms with Crippen LogP contribution >= 0.6 is 0 Å². The number of nitrogens with one attached hydrogen (secondary N) is 1. The Balaban J connectivity index is 1.89. The van der Waals surface area contributed by atoms with E-state index in [2.05, 4.69) is 5.32 Å². The number of rotatable bonds is 7. The van der Waals surface area contributed by atoms with Crippen molar-refractivity contribution in [1.82, 2.24) is 5.32 Å². The molecule has 0 spiro atoms. The average Bonchev–Trinajstić information content (AvgIpc) is 2.55. The molecule has 0 radical (unpaired) electrons. The monoisotopic (exact) mass is 329 g/mol. The van der Waals surface area contributed by atoms with Crippen molar-refractivity contribution in [2.75, 3.05) is 0 Å². The molecule has 0 aromatic heterocycles. The molecular weight excluding hydrogens is 310 g/mol. The Kier molecular flexibility index (Phi) is 5.78. The summed E-state index contributed by atoms with van der Waals surface area (Å²) in [6, 6.07) is 11.7. The minimum Gasteiger partial charge on any atom is -0.508 e. The highest BCUT2D eigenvalue weighted by Gasteiger charge is 2.20. The van der Waals surface area contributed by atoms with Gasteiger partial charge in [0.1, 0.15) is 17.5 Å². The van der Waals surface area contributed by atoms with E-state index in [1.165, 1.54) is 24.3 Å². The Morgan fingerprint density at radius 2 is 1.38 bits per heavy atom. The summed E-state index contributed by atoms with van der Waals surface area (Å²) in [5.41, 5.74) is 1.59. The molecule has 6 nitrogen and oxygen atoms in total. The molecule has 0 aliphatic heterocycles. The van der Waals surface area contributed by atoms with E-state index < -0.39 is 12.0 Å². The summed E-state index contributed by atoms with van der Waals surface area (Å²) >= 11 is 0. The highest BCUT2D eigenvalue weighted by atomic mass is 16.4. The highest BCUT2D eigenvalue weighted by Crippen LogP contribution is 2.13. The van der Waals surface area contributed by atoms with Crippen LogP contribution in [0.25, 0.3) is 0 Å². The Labute approximate surface area is 139 Å². The van der Waals surface area contributed by atoms with Crippen molar-refractivity contribution in [2.45, 2.75) is 25.3 Å². The van der Waals surface area contributed by atoms with Crippen LogP contribution in [0.15, 0.2) is 48.5 Å². The van der Waals surface area contributed by atoms with Gasteiger partial charge in [-0.1, -0.05) is 24.3 Å². The van der Waals surface area contributed by atoms with E-state index in [1.807, 2.05) is 0 Å². The van der Waals surface area contributed by atoms with E-state index in [-0.39, 0.29) is 30.2 Å². The molecule has 2 aromatic rings. The lowest BCUT2D eigenvalue weighted by molar-refractivity contribution is -0.141. The number of phenolic OH excluding ortho intramolecular Hbond substituents is 2. The molecular formula is C18H19NO5. The zero-order chi connectivity index (χ0) is 17.5. The van der Waals surface area contributed by atoms with Crippen LogP contribution in [-0.2, 0) is 22.4 Å². The van der Waals surface area contributed by atoms with Gasteiger partial charge in [0.25, 0.3) is 0 Å². The van der Waals surface area contributed by atoms with Crippen molar-refractivity contribution in [1.29, 1.82) is 0 Å². The first kappa shape index (κ1) is 17.3. The standard InChI is InChI=1S/C18H19NO5/c20-14-6-1-12(2-7-14)5-10-17(22)19-16(18(23)24)11-13-3-8-15(21)9-4-13/h1-4,6-9,16,20-21H,5,10-11H2,(H,19,22)(H,23,24)/t16-/m0/s1. The van der Waals surface area contributed by atoms with E-state index in [0.717, 1.165) is 5.56 Å². The molecule has 2 rings (SSSR count). The van der Waals surface area contributed by atoms with Crippen LogP contribution in [0.3, 0.4) is 0 Å². The molecule has 0 aliphatic carbocycles. The molecule has 4 N–H and O–H groups in total. The van der Waals surface area contributed by atoms with Crippen LogP contribution in [0.5, 0.6) is 11.5 Å². The minimum absolute atomic E-state index is 0.101. The summed E-state index contributed by atoms with van der Waals surface area (Å²) in [5.74, 6) is -1.21. The maximum atomic E-state index is 12.0. The van der Waals surface area contributed by atoms with Gasteiger partial charge in [-0.05, 0) is 41.8 Å². The first-order chi connectivity index (χ1) is 11.4. The number of hydrogen-bond acceptors (Lipinski definition) is 4. The van der Waals surface area contributed by atoms with Crippen LogP contribution < -0.4 is 5.32 Å². The van der Waals surface area contributed by atoms with Gasteiger partial charge in [0, 0.05) is 12.8 Å². The number of carbonyl (C=O) groups is 2. The van der Waals surface area contributed by atoms with Gasteiger partial charge in [0.15, 0.2) is 0 Å². The van der Waals surface area contributed by atoms with Crippen molar-refractivity contribution in [3.8, 4) is 11.5 Å². The number of amides is 1. The molecule has 1 amide bonds. The van der Waals surface area contributed by atoms with Gasteiger partial charge in [-0.25, -0.2) is 4.79 Å². The van der Waals surface area contributed by atoms with Crippen molar-refractivity contribution < 1.29 is 24.9 Å². The van der Waals surface area contributed by atoms with Gasteiger partial charge in [-0.15, -0.1) is 0 Å². The number of aliphatic carboxylic acids is 1. The first-order valence-corrected chi connectivity index (χ1v) is 7.52. The van der Waals surface area contributed by atoms with E-state index in [9.17, 15) is 24.9 Å². The fraction of sp³-hybridized carbons (Fsp3) is 0.222. The molecule has 2 aromatic carbocycles. The average molecular weight is 329 g/mol. The highest BCUT2D eigenvalue weighted by molar-refractivity contribution is 5.83. The topological polar surface area (TPSA) is 107 Å². The summed E-state index contributed by atoms with van der Waals surface area (Å²) in [6.07, 6.45) is 0.752. The Bertz CT molecular complexity index is 694. The van der Waals surface area contributed by atoms with Crippen molar-refractivity contribution >= 4 is 11.9 Å². The maximum Gasteiger partial charge on any atom is 0.326 e. The number of aryl methyl sites for hydroxylation is 1. The Hall–Kier alpha value is -3.02. The summed E-state index contributed by atoms with van der Waals surface area (Å²) in [5, 5.41) is 30.2. The third-order valence-electron chi connectivity index (χ3n) is 3.59. The van der Waals surface area contributed by atoms with Crippen LogP contribution in [0.2, 0.25) is 0 Å². The summed E-state index contributed by atoms with van der Waals surface area (Å²) in [7, 11) is 0. The molecule has 1 atom stereocenters. The van der Waals surface area contributed by atoms with E-state index in [1.54, 1.807) is 24.3 Å². The zero-order valence-electron chi connectivity index (χ0n) is 13.0. The first-order valence-electron chi connectivity index (χ1n) is 7.52. The molecule has 6 heteroatoms. The minimum atomic E-state index is -1.11. The lowest BCUT2D eigenvalue weighted by Gasteiger charge is -2.15. The van der Waals surface area contributed by atoms with Gasteiger partial charge in [-0.2, -0.15) is 0 Å². The normalized spacial score (nSPS) is 11.7. The van der Waals surface area contributed by atoms with Gasteiger partial charge in [-0.3, -0.25) is 4.79 Å². The molecule has 126 valence electrons. The smallest absolute Gasteiger partial charge is 0.326 e. The van der Waals surface area contributed by atoms with E-state index >= 15 is 0 Å². The number of benzene rings is 2. The number of aromatic hydroxyl groups is 2. The molecule has 0 fully saturated rings. The lowest BCUT2D eigenvalue weighted by Crippen LogP contribution is -2.42. The number of carbonyl (C=O) groups excluding carboxylic acids is 1. The largest absolute Gasteiger partial charge is 0.508 e. The Morgan fingerprint density at radius 1 is 0.875 bits per heavy atom. The molecule has 0 heterocycles. The number of carboxylic acids is 1. The molecule has 0 unspecified atom stereocenters. The Morgan fingerprint density at radius 3 is 1.88 bits per heavy atom. The molecule has 0 saturated heterocycles. The molecule has 0 bridgehead atoms. The zero-order valence-corrected chi connectivity index (χ0v) is 13.0. The molecule has 0 saturated carbocycles. The van der Waals surface area contributed by atoms with Gasteiger partial charge < -0.3 is 20.6 Å². The molecule has 24 heavy (non-hydrogen) atoms. The third kappa shape index (κ3) is 5.31. The second-order valence-electron chi connectivity index (χ2n) is 5.50. The summed E-state index contributed by atoms with van der Waals surface area (Å²) in [4.78, 5) is 23.3. The lowest BCUT2D eigenvalue weighted by atomic mass is 10.0. The van der Waals surface area contributed by atoms with Crippen LogP contribution in [0.4, 0.5) is 0 Å². The van der Waals surface area contributed by atoms with Crippen molar-refractivity contribution in [3.05, 3.63) is 59.7 Å². The maximum absolute atomic E-state index is 12.0. The van der Waals surface area contributed by atoms with Crippen LogP contribution in [-0.4, -0.2) is 33.2 Å². The second-order valence-corrected chi connectivity index (χ2v) is 5.50. The fourth-order valence-electron chi connectivity index (χ4n) is 2.25. The summed E-state index contributed by atoms with van der Waals surface area (Å²) in [6.45, 7) is 0. The van der Waals surface area contributed by atoms with Crippen LogP contribution in [0.1, 0.15) is 17.5 Å². The number of carboxylic acid groups (broad SMARTS) is 1. The van der Waals surface area contributed by atoms with Crippen molar-refractivity contribution in [3.63, 3.8) is 0 Å². The number of phenols is 2. The van der Waals surface area contributed by atoms with Crippen molar-refractivity contribution in [2.24, 2.45) is 0 Å². The van der Waals surface area contributed by atoms with E-state index in [0.29, 0.717) is 12.0 Å². The second kappa shape index (κ2) is 8.01. The SMILES string of the molecule is O=C(CCc1ccc(O)cc1)N[C@@H](Cc1ccc(O)cc1)C(=O)O. The quantitative estimate of drug-likeness (QED) is 0.620. The van der Waals surface area contributed by atoms with Gasteiger partial charge >= 0.3 is 5.97 Å². The van der Waals surface area contributed by atoms with Gasteiger partial charge in [0.2, 0.25) is 5.91 Å². The van der Waals surface area contributed by atoms with Gasteiger partial charge in [0.05, 0.1) is 0 Å². The third-order valence-corrected chi connectivity index (χ3v) is 3.59. The van der Waals surface area contributed by atoms with E-state index in [4.69, 9.17) is 0 Å². The van der Waals surface area contributed by atoms with Crippen LogP contribution in [0, 0.1) is 0 Å². The predicted octanol–water partition coefficient (Wildman–Crippen LogP) is 1.84. The summed E-state index contributed by atoms with van der Waals surface area (Å²) < 4.78 is 0.